The second-order valence-electron chi connectivity index (χ2n) is 7.25. The summed E-state index contributed by atoms with van der Waals surface area (Å²) in [5, 5.41) is 0.997. The van der Waals surface area contributed by atoms with Crippen molar-refractivity contribution in [3.63, 3.8) is 0 Å². The molecule has 0 spiro atoms. The van der Waals surface area contributed by atoms with Crippen LogP contribution >= 0.6 is 0 Å². The van der Waals surface area contributed by atoms with Gasteiger partial charge in [-0.15, -0.1) is 0 Å². The Kier molecular flexibility index (Phi) is 3.98. The Morgan fingerprint density at radius 2 is 1.45 bits per heavy atom. The zero-order valence-corrected chi connectivity index (χ0v) is 15.9. The molecule has 2 amide bonds. The minimum Gasteiger partial charge on any atom is -0.270 e. The van der Waals surface area contributed by atoms with Crippen LogP contribution in [0.15, 0.2) is 78.9 Å². The molecule has 29 heavy (non-hydrogen) atoms. The second kappa shape index (κ2) is 6.67. The van der Waals surface area contributed by atoms with Crippen LogP contribution < -0.4 is 0 Å². The number of pyridine rings is 1. The summed E-state index contributed by atoms with van der Waals surface area (Å²) in [6.45, 7) is 2.22. The molecule has 2 heterocycles. The molecule has 0 saturated heterocycles. The topological polar surface area (TPSA) is 50.3 Å². The van der Waals surface area contributed by atoms with Crippen LogP contribution in [0.1, 0.15) is 31.8 Å². The van der Waals surface area contributed by atoms with Crippen molar-refractivity contribution >= 4 is 22.7 Å². The summed E-state index contributed by atoms with van der Waals surface area (Å²) in [6, 6.07) is 24.9. The Balaban J connectivity index is 1.65. The highest BCUT2D eigenvalue weighted by atomic mass is 16.2. The molecule has 0 aliphatic carbocycles. The van der Waals surface area contributed by atoms with Crippen molar-refractivity contribution in [3.8, 4) is 11.3 Å². The van der Waals surface area contributed by atoms with Gasteiger partial charge in [-0.25, -0.2) is 4.98 Å². The highest BCUT2D eigenvalue weighted by Crippen LogP contribution is 2.31. The molecule has 4 heteroatoms. The minimum absolute atomic E-state index is 0.188. The highest BCUT2D eigenvalue weighted by Gasteiger charge is 2.35. The number of fused-ring (bicyclic) bond motifs is 2. The molecule has 4 nitrogen and oxygen atoms in total. The third-order valence-corrected chi connectivity index (χ3v) is 5.38. The Labute approximate surface area is 168 Å². The van der Waals surface area contributed by atoms with Gasteiger partial charge >= 0.3 is 0 Å². The summed E-state index contributed by atoms with van der Waals surface area (Å²) in [5.41, 5.74) is 5.55. The molecule has 0 bridgehead atoms. The number of imide groups is 1. The first kappa shape index (κ1) is 17.3. The van der Waals surface area contributed by atoms with Crippen LogP contribution in [0.3, 0.4) is 0 Å². The average molecular weight is 378 g/mol. The molecule has 0 N–H and O–H groups in total. The fraction of sp³-hybridized carbons (Fsp3) is 0.0800. The van der Waals surface area contributed by atoms with Crippen LogP contribution in [0, 0.1) is 6.92 Å². The zero-order chi connectivity index (χ0) is 20.0. The van der Waals surface area contributed by atoms with Crippen molar-refractivity contribution in [2.24, 2.45) is 0 Å². The standard InChI is InChI=1S/C25H18N2O2/c1-16-8-7-11-18-14-19(23(26-22(16)18)17-9-3-2-4-10-17)15-27-24(28)20-12-5-6-13-21(20)25(27)29/h2-14H,15H2,1H3. The van der Waals surface area contributed by atoms with Crippen molar-refractivity contribution in [2.75, 3.05) is 0 Å². The molecule has 1 aliphatic rings. The van der Waals surface area contributed by atoms with E-state index in [9.17, 15) is 9.59 Å². The maximum Gasteiger partial charge on any atom is 0.261 e. The van der Waals surface area contributed by atoms with E-state index in [1.165, 1.54) is 4.90 Å². The number of para-hydroxylation sites is 1. The summed E-state index contributed by atoms with van der Waals surface area (Å²) in [7, 11) is 0. The van der Waals surface area contributed by atoms with Gasteiger partial charge in [-0.1, -0.05) is 60.7 Å². The molecular weight excluding hydrogens is 360 g/mol. The first-order chi connectivity index (χ1) is 14.1. The van der Waals surface area contributed by atoms with E-state index in [1.807, 2.05) is 61.5 Å². The van der Waals surface area contributed by atoms with Crippen molar-refractivity contribution in [1.82, 2.24) is 9.88 Å². The van der Waals surface area contributed by atoms with E-state index in [0.717, 1.165) is 33.3 Å². The number of hydrogen-bond donors (Lipinski definition) is 0. The quantitative estimate of drug-likeness (QED) is 0.471. The minimum atomic E-state index is -0.256. The Morgan fingerprint density at radius 1 is 0.793 bits per heavy atom. The van der Waals surface area contributed by atoms with Crippen LogP contribution in [-0.2, 0) is 6.54 Å². The van der Waals surface area contributed by atoms with E-state index in [1.54, 1.807) is 24.3 Å². The Morgan fingerprint density at radius 3 is 2.14 bits per heavy atom. The summed E-state index contributed by atoms with van der Waals surface area (Å²) in [4.78, 5) is 32.0. The number of amides is 2. The molecule has 0 atom stereocenters. The van der Waals surface area contributed by atoms with Crippen molar-refractivity contribution in [1.29, 1.82) is 0 Å². The van der Waals surface area contributed by atoms with Gasteiger partial charge in [0.1, 0.15) is 0 Å². The number of carbonyl (C=O) groups excluding carboxylic acids is 2. The molecule has 4 aromatic rings. The van der Waals surface area contributed by atoms with Gasteiger partial charge in [-0.2, -0.15) is 0 Å². The lowest BCUT2D eigenvalue weighted by Crippen LogP contribution is -2.29. The van der Waals surface area contributed by atoms with E-state index in [-0.39, 0.29) is 18.4 Å². The molecule has 0 saturated carbocycles. The predicted molar refractivity (Wildman–Crippen MR) is 113 cm³/mol. The largest absolute Gasteiger partial charge is 0.270 e. The maximum absolute atomic E-state index is 12.9. The van der Waals surface area contributed by atoms with Gasteiger partial charge in [0.05, 0.1) is 28.9 Å². The summed E-state index contributed by atoms with van der Waals surface area (Å²) < 4.78 is 0. The van der Waals surface area contributed by atoms with Gasteiger partial charge < -0.3 is 0 Å². The normalized spacial score (nSPS) is 13.2. The van der Waals surface area contributed by atoms with Gasteiger partial charge in [-0.3, -0.25) is 14.5 Å². The fourth-order valence-corrected chi connectivity index (χ4v) is 3.91. The predicted octanol–water partition coefficient (Wildman–Crippen LogP) is 5.01. The number of aryl methyl sites for hydroxylation is 1. The number of rotatable bonds is 3. The molecule has 140 valence electrons. The van der Waals surface area contributed by atoms with E-state index in [0.29, 0.717) is 11.1 Å². The Hall–Kier alpha value is -3.79. The van der Waals surface area contributed by atoms with Gasteiger partial charge in [0.25, 0.3) is 11.8 Å². The van der Waals surface area contributed by atoms with Crippen LogP contribution in [0.2, 0.25) is 0 Å². The van der Waals surface area contributed by atoms with Crippen LogP contribution in [0.25, 0.3) is 22.2 Å². The molecule has 0 fully saturated rings. The summed E-state index contributed by atoms with van der Waals surface area (Å²) in [5.74, 6) is -0.511. The molecule has 3 aromatic carbocycles. The monoisotopic (exact) mass is 378 g/mol. The fourth-order valence-electron chi connectivity index (χ4n) is 3.91. The van der Waals surface area contributed by atoms with Gasteiger partial charge in [0.15, 0.2) is 0 Å². The van der Waals surface area contributed by atoms with Gasteiger partial charge in [0.2, 0.25) is 0 Å². The van der Waals surface area contributed by atoms with E-state index in [4.69, 9.17) is 4.98 Å². The summed E-state index contributed by atoms with van der Waals surface area (Å²) >= 11 is 0. The SMILES string of the molecule is Cc1cccc2cc(CN3C(=O)c4ccccc4C3=O)c(-c3ccccc3)nc12. The molecule has 1 aliphatic heterocycles. The number of benzene rings is 3. The number of aromatic nitrogens is 1. The first-order valence-electron chi connectivity index (χ1n) is 9.53. The summed E-state index contributed by atoms with van der Waals surface area (Å²) in [6.07, 6.45) is 0. The first-order valence-corrected chi connectivity index (χ1v) is 9.53. The number of carbonyl (C=O) groups is 2. The van der Waals surface area contributed by atoms with E-state index in [2.05, 4.69) is 0 Å². The molecule has 5 rings (SSSR count). The van der Waals surface area contributed by atoms with Gasteiger partial charge in [-0.05, 0) is 36.2 Å². The number of hydrogen-bond acceptors (Lipinski definition) is 3. The Bertz CT molecular complexity index is 1240. The third-order valence-electron chi connectivity index (χ3n) is 5.38. The van der Waals surface area contributed by atoms with Crippen molar-refractivity contribution in [2.45, 2.75) is 13.5 Å². The van der Waals surface area contributed by atoms with Crippen molar-refractivity contribution in [3.05, 3.63) is 101 Å². The second-order valence-corrected chi connectivity index (χ2v) is 7.25. The lowest BCUT2D eigenvalue weighted by molar-refractivity contribution is 0.0642. The molecule has 0 unspecified atom stereocenters. The smallest absolute Gasteiger partial charge is 0.261 e. The third kappa shape index (κ3) is 2.81. The van der Waals surface area contributed by atoms with Gasteiger partial charge in [0, 0.05) is 10.9 Å². The lowest BCUT2D eigenvalue weighted by Gasteiger charge is -2.18. The van der Waals surface area contributed by atoms with Crippen LogP contribution in [0.5, 0.6) is 0 Å². The highest BCUT2D eigenvalue weighted by molar-refractivity contribution is 6.21. The van der Waals surface area contributed by atoms with E-state index >= 15 is 0 Å². The maximum atomic E-state index is 12.9. The molecular formula is C25H18N2O2. The molecule has 1 aromatic heterocycles. The zero-order valence-electron chi connectivity index (χ0n) is 15.9. The molecule has 0 radical (unpaired) electrons. The van der Waals surface area contributed by atoms with E-state index < -0.39 is 0 Å². The van der Waals surface area contributed by atoms with Crippen LogP contribution in [-0.4, -0.2) is 21.7 Å². The van der Waals surface area contributed by atoms with Crippen LogP contribution in [0.4, 0.5) is 0 Å². The number of nitrogens with zero attached hydrogens (tertiary/aromatic N) is 2. The lowest BCUT2D eigenvalue weighted by atomic mass is 10.0. The average Bonchev–Trinajstić information content (AvgIpc) is 2.99. The van der Waals surface area contributed by atoms with Crippen molar-refractivity contribution < 1.29 is 9.59 Å².